The van der Waals surface area contributed by atoms with E-state index < -0.39 is 39.9 Å². The van der Waals surface area contributed by atoms with Crippen molar-refractivity contribution in [3.8, 4) is 0 Å². The second kappa shape index (κ2) is 13.9. The topological polar surface area (TPSA) is 110 Å². The van der Waals surface area contributed by atoms with Crippen LogP contribution in [-0.4, -0.2) is 88.6 Å². The summed E-state index contributed by atoms with van der Waals surface area (Å²) in [5, 5.41) is 0. The Morgan fingerprint density at radius 1 is 0.771 bits per heavy atom. The van der Waals surface area contributed by atoms with E-state index in [-0.39, 0.29) is 0 Å². The van der Waals surface area contributed by atoms with Gasteiger partial charge in [0, 0.05) is 33.8 Å². The Hall–Kier alpha value is -0.503. The van der Waals surface area contributed by atoms with Crippen LogP contribution in [0.3, 0.4) is 0 Å². The monoisotopic (exact) mass is 584 g/mol. The maximum absolute atomic E-state index is 11.4. The zero-order valence-corrected chi connectivity index (χ0v) is 22.7. The van der Waals surface area contributed by atoms with Crippen LogP contribution in [0.1, 0.15) is 45.4 Å². The van der Waals surface area contributed by atoms with E-state index in [4.69, 9.17) is 13.3 Å². The quantitative estimate of drug-likeness (QED) is 0.193. The van der Waals surface area contributed by atoms with Crippen molar-refractivity contribution in [1.82, 2.24) is 0 Å². The average molecular weight is 585 g/mol. The van der Waals surface area contributed by atoms with Gasteiger partial charge in [-0.05, 0) is 25.7 Å². The number of rotatable bonds is 12. The zero-order valence-electron chi connectivity index (χ0n) is 20.1. The fourth-order valence-electron chi connectivity index (χ4n) is 3.64. The van der Waals surface area contributed by atoms with Crippen molar-refractivity contribution in [1.29, 1.82) is 0 Å². The van der Waals surface area contributed by atoms with Gasteiger partial charge in [0.2, 0.25) is 0 Å². The zero-order chi connectivity index (χ0) is 27.6. The number of sulfonamides is 2. The first-order valence-corrected chi connectivity index (χ1v) is 15.5. The molecule has 0 spiro atoms. The van der Waals surface area contributed by atoms with Crippen molar-refractivity contribution in [3.63, 3.8) is 0 Å². The number of quaternary nitrogens is 1. The predicted molar refractivity (Wildman–Crippen MR) is 118 cm³/mol. The molecule has 0 bridgehead atoms. The van der Waals surface area contributed by atoms with E-state index in [1.165, 1.54) is 62.8 Å². The van der Waals surface area contributed by atoms with Crippen molar-refractivity contribution in [2.24, 2.45) is 0 Å². The molecule has 0 saturated carbocycles. The first-order chi connectivity index (χ1) is 15.9. The van der Waals surface area contributed by atoms with Crippen LogP contribution in [0.25, 0.3) is 4.13 Å². The van der Waals surface area contributed by atoms with Gasteiger partial charge < -0.3 is 21.9 Å². The summed E-state index contributed by atoms with van der Waals surface area (Å²) in [7, 11) is -10.7. The fraction of sp³-hybridized carbons (Fsp3) is 1.00. The molecule has 1 fully saturated rings. The minimum absolute atomic E-state index is 0.778. The minimum atomic E-state index is -6.72. The Morgan fingerprint density at radius 3 is 1.51 bits per heavy atom. The van der Waals surface area contributed by atoms with Crippen molar-refractivity contribution in [2.45, 2.75) is 62.5 Å². The Bertz CT molecular complexity index is 779. The lowest BCUT2D eigenvalue weighted by atomic mass is 10.1. The van der Waals surface area contributed by atoms with E-state index >= 15 is 0 Å². The van der Waals surface area contributed by atoms with Crippen LogP contribution in [0, 0.1) is 0 Å². The van der Waals surface area contributed by atoms with Gasteiger partial charge in [-0.15, -0.1) is 0 Å². The van der Waals surface area contributed by atoms with E-state index in [2.05, 4.69) is 6.92 Å². The molecule has 0 radical (unpaired) electrons. The van der Waals surface area contributed by atoms with Gasteiger partial charge in [-0.3, -0.25) is 0 Å². The lowest BCUT2D eigenvalue weighted by molar-refractivity contribution is -0.932. The molecule has 0 unspecified atom stereocenters. The Labute approximate surface area is 204 Å². The predicted octanol–water partition coefficient (Wildman–Crippen LogP) is 4.11. The molecule has 18 heteroatoms. The van der Waals surface area contributed by atoms with Crippen LogP contribution >= 0.6 is 0 Å². The maximum atomic E-state index is 11.4. The summed E-state index contributed by atoms with van der Waals surface area (Å²) in [6.07, 6.45) is 8.00. The summed E-state index contributed by atoms with van der Waals surface area (Å²) in [6, 6.07) is 0.933. The molecule has 212 valence electrons. The highest BCUT2D eigenvalue weighted by Crippen LogP contribution is 2.36. The first kappa shape index (κ1) is 34.5. The van der Waals surface area contributed by atoms with Crippen molar-refractivity contribution in [2.75, 3.05) is 47.5 Å². The molecule has 1 heterocycles. The normalized spacial score (nSPS) is 17.5. The van der Waals surface area contributed by atoms with Gasteiger partial charge >= 0.3 is 19.8 Å². The Kier molecular flexibility index (Phi) is 13.7. The number of likely N-dealkylation sites (tertiary alicyclic amines) is 1. The number of nitrogens with zero attached hydrogens (tertiary/aromatic N) is 2. The largest absolute Gasteiger partial charge is 0.500 e. The van der Waals surface area contributed by atoms with Gasteiger partial charge in [0.25, 0.3) is 0 Å². The number of hydrogen-bond acceptors (Lipinski definition) is 7. The van der Waals surface area contributed by atoms with E-state index in [1.807, 2.05) is 0 Å². The standard InChI is InChI=1S/C15H34NO3Si.C2F6NO4S2/c1-5-6-11-16(12-8-7-9-13-16)14-10-15-20(17-2,18-3)19-4;3-1(4,5)14(10,11)9-15(12,13)2(6,7)8/h5-15H2,1-4H3;/q+1;-1. The molecule has 0 aliphatic carbocycles. The van der Waals surface area contributed by atoms with Crippen LogP contribution in [0.2, 0.25) is 6.04 Å². The van der Waals surface area contributed by atoms with Gasteiger partial charge in [0.15, 0.2) is 20.0 Å². The number of unbranched alkanes of at least 4 members (excludes halogenated alkanes) is 1. The number of hydrogen-bond donors (Lipinski definition) is 0. The van der Waals surface area contributed by atoms with Gasteiger partial charge in [-0.2, -0.15) is 26.3 Å². The van der Waals surface area contributed by atoms with Crippen LogP contribution in [0.4, 0.5) is 26.3 Å². The second-order valence-corrected chi connectivity index (χ2v) is 14.5. The molecule has 1 aliphatic heterocycles. The van der Waals surface area contributed by atoms with E-state index in [1.54, 1.807) is 21.3 Å². The Balaban J connectivity index is 0.000000691. The minimum Gasteiger partial charge on any atom is -0.421 e. The highest BCUT2D eigenvalue weighted by molar-refractivity contribution is 8.13. The molecule has 9 nitrogen and oxygen atoms in total. The van der Waals surface area contributed by atoms with Gasteiger partial charge in [-0.1, -0.05) is 13.3 Å². The van der Waals surface area contributed by atoms with Crippen LogP contribution in [0.15, 0.2) is 0 Å². The summed E-state index contributed by atoms with van der Waals surface area (Å²) in [5.41, 5.74) is -12.4. The molecule has 0 amide bonds. The molecular weight excluding hydrogens is 550 g/mol. The van der Waals surface area contributed by atoms with Crippen LogP contribution in [-0.2, 0) is 33.3 Å². The molecule has 0 N–H and O–H groups in total. The molecule has 1 aliphatic rings. The first-order valence-electron chi connectivity index (χ1n) is 10.7. The fourth-order valence-corrected chi connectivity index (χ4v) is 7.05. The summed E-state index contributed by atoms with van der Waals surface area (Å²) in [5.74, 6) is 0. The third-order valence-corrected chi connectivity index (χ3v) is 11.2. The molecule has 35 heavy (non-hydrogen) atoms. The lowest BCUT2D eigenvalue weighted by Crippen LogP contribution is -2.53. The summed E-state index contributed by atoms with van der Waals surface area (Å²) in [6.45, 7) is 7.62. The van der Waals surface area contributed by atoms with Gasteiger partial charge in [0.05, 0.1) is 26.2 Å². The highest BCUT2D eigenvalue weighted by Gasteiger charge is 2.47. The van der Waals surface area contributed by atoms with Crippen molar-refractivity contribution in [3.05, 3.63) is 4.13 Å². The molecule has 1 rings (SSSR count). The van der Waals surface area contributed by atoms with Gasteiger partial charge in [-0.25, -0.2) is 16.8 Å². The summed E-state index contributed by atoms with van der Waals surface area (Å²) >= 11 is 0. The summed E-state index contributed by atoms with van der Waals surface area (Å²) in [4.78, 5) is 0. The summed E-state index contributed by atoms with van der Waals surface area (Å²) < 4.78 is 127. The third kappa shape index (κ3) is 10.8. The smallest absolute Gasteiger partial charge is 0.421 e. The molecular formula is C17H34F6N2O7S2Si. The molecule has 0 aromatic rings. The highest BCUT2D eigenvalue weighted by atomic mass is 32.3. The lowest BCUT2D eigenvalue weighted by Gasteiger charge is -2.42. The van der Waals surface area contributed by atoms with Crippen molar-refractivity contribution >= 4 is 28.9 Å². The SMILES string of the molecule is CCCC[N+]1(CCC[Si](OC)(OC)OC)CCCCC1.O=S(=O)([N-]S(=O)(=O)C(F)(F)F)C(F)(F)F. The van der Waals surface area contributed by atoms with Crippen molar-refractivity contribution < 1.29 is 60.9 Å². The van der Waals surface area contributed by atoms with Gasteiger partial charge in [0.1, 0.15) is 0 Å². The third-order valence-electron chi connectivity index (χ3n) is 5.58. The number of halogens is 6. The average Bonchev–Trinajstić information content (AvgIpc) is 2.75. The van der Waals surface area contributed by atoms with E-state index in [9.17, 15) is 43.2 Å². The van der Waals surface area contributed by atoms with E-state index in [0.717, 1.165) is 16.6 Å². The maximum Gasteiger partial charge on any atom is 0.500 e. The van der Waals surface area contributed by atoms with Crippen LogP contribution in [0.5, 0.6) is 0 Å². The number of piperidine rings is 1. The molecule has 0 atom stereocenters. The Morgan fingerprint density at radius 2 is 1.17 bits per heavy atom. The van der Waals surface area contributed by atoms with Crippen LogP contribution < -0.4 is 0 Å². The van der Waals surface area contributed by atoms with E-state index in [0.29, 0.717) is 0 Å². The number of alkyl halides is 6. The molecule has 0 aromatic heterocycles. The molecule has 1 saturated heterocycles. The second-order valence-electron chi connectivity index (χ2n) is 7.97. The molecule has 0 aromatic carbocycles.